The minimum Gasteiger partial charge on any atom is -0.454 e. The van der Waals surface area contributed by atoms with Crippen molar-refractivity contribution < 1.29 is 19.1 Å². The van der Waals surface area contributed by atoms with E-state index in [1.807, 2.05) is 0 Å². The molecule has 0 aromatic heterocycles. The van der Waals surface area contributed by atoms with Crippen molar-refractivity contribution in [2.45, 2.75) is 19.9 Å². The van der Waals surface area contributed by atoms with Crippen LogP contribution >= 0.6 is 11.6 Å². The molecule has 7 heteroatoms. The van der Waals surface area contributed by atoms with E-state index in [0.717, 1.165) is 0 Å². The maximum absolute atomic E-state index is 12.3. The second-order valence-electron chi connectivity index (χ2n) is 6.23. The Balaban J connectivity index is 1.90. The van der Waals surface area contributed by atoms with Crippen LogP contribution in [0.3, 0.4) is 0 Å². The molecule has 6 nitrogen and oxygen atoms in total. The van der Waals surface area contributed by atoms with E-state index in [1.165, 1.54) is 0 Å². The van der Waals surface area contributed by atoms with Crippen molar-refractivity contribution in [2.75, 3.05) is 11.9 Å². The van der Waals surface area contributed by atoms with Crippen molar-refractivity contribution in [1.29, 1.82) is 0 Å². The van der Waals surface area contributed by atoms with Gasteiger partial charge in [-0.15, -0.1) is 0 Å². The average Bonchev–Trinajstić information content (AvgIpc) is 2.64. The van der Waals surface area contributed by atoms with Gasteiger partial charge in [0.1, 0.15) is 6.04 Å². The smallest absolute Gasteiger partial charge is 0.329 e. The third-order valence-electron chi connectivity index (χ3n) is 3.70. The zero-order valence-corrected chi connectivity index (χ0v) is 15.8. The summed E-state index contributed by atoms with van der Waals surface area (Å²) in [4.78, 5) is 36.5. The van der Waals surface area contributed by atoms with Crippen LogP contribution in [0.4, 0.5) is 5.69 Å². The van der Waals surface area contributed by atoms with Crippen LogP contribution in [0.1, 0.15) is 24.2 Å². The number of anilines is 1. The van der Waals surface area contributed by atoms with E-state index in [-0.39, 0.29) is 11.8 Å². The number of rotatable bonds is 7. The zero-order valence-electron chi connectivity index (χ0n) is 15.1. The number of esters is 1. The maximum Gasteiger partial charge on any atom is 0.329 e. The molecule has 0 heterocycles. The molecule has 2 aromatic rings. The Morgan fingerprint density at radius 1 is 1.04 bits per heavy atom. The topological polar surface area (TPSA) is 84.5 Å². The minimum absolute atomic E-state index is 0.207. The van der Waals surface area contributed by atoms with Gasteiger partial charge in [0.2, 0.25) is 0 Å². The highest BCUT2D eigenvalue weighted by atomic mass is 35.5. The molecule has 0 bridgehead atoms. The molecule has 0 aliphatic rings. The Hall–Kier alpha value is -2.86. The summed E-state index contributed by atoms with van der Waals surface area (Å²) in [5, 5.41) is 5.72. The molecule has 0 saturated carbocycles. The Labute approximate surface area is 162 Å². The van der Waals surface area contributed by atoms with Crippen molar-refractivity contribution in [1.82, 2.24) is 5.32 Å². The Morgan fingerprint density at radius 2 is 1.74 bits per heavy atom. The molecule has 142 valence electrons. The van der Waals surface area contributed by atoms with Gasteiger partial charge < -0.3 is 15.4 Å². The van der Waals surface area contributed by atoms with Gasteiger partial charge >= 0.3 is 5.97 Å². The highest BCUT2D eigenvalue weighted by Gasteiger charge is 2.26. The van der Waals surface area contributed by atoms with Gasteiger partial charge in [-0.3, -0.25) is 9.59 Å². The third kappa shape index (κ3) is 6.42. The van der Waals surface area contributed by atoms with Crippen LogP contribution in [0.15, 0.2) is 54.6 Å². The molecule has 0 fully saturated rings. The van der Waals surface area contributed by atoms with E-state index in [9.17, 15) is 14.4 Å². The van der Waals surface area contributed by atoms with Gasteiger partial charge in [-0.1, -0.05) is 49.7 Å². The van der Waals surface area contributed by atoms with Crippen LogP contribution in [0.5, 0.6) is 0 Å². The molecule has 0 unspecified atom stereocenters. The molecular formula is C20H21ClN2O4. The van der Waals surface area contributed by atoms with Crippen molar-refractivity contribution in [2.24, 2.45) is 5.92 Å². The summed E-state index contributed by atoms with van der Waals surface area (Å²) in [5.74, 6) is -1.76. The average molecular weight is 389 g/mol. The lowest BCUT2D eigenvalue weighted by Crippen LogP contribution is -2.45. The molecule has 0 saturated heterocycles. The first-order valence-electron chi connectivity index (χ1n) is 8.45. The fourth-order valence-corrected chi connectivity index (χ4v) is 2.49. The molecular weight excluding hydrogens is 368 g/mol. The third-order valence-corrected chi connectivity index (χ3v) is 3.93. The second kappa shape index (κ2) is 9.73. The Kier molecular flexibility index (Phi) is 7.37. The number of amides is 2. The van der Waals surface area contributed by atoms with Crippen molar-refractivity contribution in [3.63, 3.8) is 0 Å². The largest absolute Gasteiger partial charge is 0.454 e. The Morgan fingerprint density at radius 3 is 2.37 bits per heavy atom. The van der Waals surface area contributed by atoms with Gasteiger partial charge in [-0.2, -0.15) is 0 Å². The van der Waals surface area contributed by atoms with E-state index in [0.29, 0.717) is 16.3 Å². The molecule has 2 aromatic carbocycles. The fourth-order valence-electron chi connectivity index (χ4n) is 2.30. The van der Waals surface area contributed by atoms with Crippen LogP contribution in [-0.2, 0) is 14.3 Å². The summed E-state index contributed by atoms with van der Waals surface area (Å²) in [5.41, 5.74) is 0.941. The minimum atomic E-state index is -0.864. The van der Waals surface area contributed by atoms with Gasteiger partial charge in [0.05, 0.1) is 0 Å². The Bertz CT molecular complexity index is 809. The van der Waals surface area contributed by atoms with Crippen molar-refractivity contribution in [3.8, 4) is 0 Å². The second-order valence-corrected chi connectivity index (χ2v) is 6.66. The molecule has 0 aliphatic heterocycles. The normalized spacial score (nSPS) is 11.6. The number of ether oxygens (including phenoxy) is 1. The highest BCUT2D eigenvalue weighted by Crippen LogP contribution is 2.14. The molecule has 0 radical (unpaired) electrons. The van der Waals surface area contributed by atoms with Gasteiger partial charge in [-0.05, 0) is 36.2 Å². The molecule has 0 spiro atoms. The van der Waals surface area contributed by atoms with Crippen LogP contribution in [0.25, 0.3) is 0 Å². The van der Waals surface area contributed by atoms with E-state index in [4.69, 9.17) is 16.3 Å². The number of benzene rings is 2. The van der Waals surface area contributed by atoms with E-state index >= 15 is 0 Å². The summed E-state index contributed by atoms with van der Waals surface area (Å²) < 4.78 is 5.07. The molecule has 2 amide bonds. The molecule has 1 atom stereocenters. The van der Waals surface area contributed by atoms with E-state index in [1.54, 1.807) is 68.4 Å². The monoisotopic (exact) mass is 388 g/mol. The van der Waals surface area contributed by atoms with E-state index < -0.39 is 24.5 Å². The first kappa shape index (κ1) is 20.5. The van der Waals surface area contributed by atoms with Crippen LogP contribution < -0.4 is 10.6 Å². The van der Waals surface area contributed by atoms with Crippen molar-refractivity contribution in [3.05, 3.63) is 65.2 Å². The lowest BCUT2D eigenvalue weighted by atomic mass is 10.0. The number of hydrogen-bond donors (Lipinski definition) is 2. The predicted octanol–water partition coefficient (Wildman–Crippen LogP) is 3.28. The van der Waals surface area contributed by atoms with Crippen LogP contribution in [0, 0.1) is 5.92 Å². The van der Waals surface area contributed by atoms with Crippen LogP contribution in [0.2, 0.25) is 5.02 Å². The summed E-state index contributed by atoms with van der Waals surface area (Å²) in [6, 6.07) is 14.3. The lowest BCUT2D eigenvalue weighted by molar-refractivity contribution is -0.150. The standard InChI is InChI=1S/C20H21ClN2O4/c1-13(2)18(23-19(25)14-7-4-3-5-8-14)20(26)27-12-17(24)22-16-10-6-9-15(21)11-16/h3-11,13,18H,12H2,1-2H3,(H,22,24)(H,23,25)/t18-/m1/s1. The van der Waals surface area contributed by atoms with Gasteiger partial charge in [-0.25, -0.2) is 4.79 Å². The quantitative estimate of drug-likeness (QED) is 0.713. The van der Waals surface area contributed by atoms with Crippen molar-refractivity contribution >= 4 is 35.1 Å². The first-order chi connectivity index (χ1) is 12.9. The predicted molar refractivity (Wildman–Crippen MR) is 104 cm³/mol. The van der Waals surface area contributed by atoms with Gasteiger partial charge in [0.25, 0.3) is 11.8 Å². The highest BCUT2D eigenvalue weighted by molar-refractivity contribution is 6.30. The number of nitrogens with one attached hydrogen (secondary N) is 2. The zero-order chi connectivity index (χ0) is 19.8. The number of halogens is 1. The van der Waals surface area contributed by atoms with E-state index in [2.05, 4.69) is 10.6 Å². The van der Waals surface area contributed by atoms with Gasteiger partial charge in [0.15, 0.2) is 6.61 Å². The van der Waals surface area contributed by atoms with Crippen LogP contribution in [-0.4, -0.2) is 30.4 Å². The van der Waals surface area contributed by atoms with Gasteiger partial charge in [0, 0.05) is 16.3 Å². The summed E-state index contributed by atoms with van der Waals surface area (Å²) in [7, 11) is 0. The lowest BCUT2D eigenvalue weighted by Gasteiger charge is -2.20. The fraction of sp³-hybridized carbons (Fsp3) is 0.250. The summed E-state index contributed by atoms with van der Waals surface area (Å²) in [6.07, 6.45) is 0. The molecule has 27 heavy (non-hydrogen) atoms. The summed E-state index contributed by atoms with van der Waals surface area (Å²) >= 11 is 5.85. The first-order valence-corrected chi connectivity index (χ1v) is 8.82. The summed E-state index contributed by atoms with van der Waals surface area (Å²) in [6.45, 7) is 3.10. The number of hydrogen-bond acceptors (Lipinski definition) is 4. The molecule has 2 rings (SSSR count). The maximum atomic E-state index is 12.3. The number of carbonyl (C=O) groups is 3. The SMILES string of the molecule is CC(C)[C@@H](NC(=O)c1ccccc1)C(=O)OCC(=O)Nc1cccc(Cl)c1. The molecule has 0 aliphatic carbocycles. The molecule has 2 N–H and O–H groups in total. The number of carbonyl (C=O) groups excluding carboxylic acids is 3.